The van der Waals surface area contributed by atoms with Gasteiger partial charge < -0.3 is 4.74 Å². The molecular formula is C17H16N2O. The van der Waals surface area contributed by atoms with Crippen molar-refractivity contribution in [1.82, 2.24) is 9.78 Å². The van der Waals surface area contributed by atoms with Gasteiger partial charge in [0.25, 0.3) is 0 Å². The zero-order valence-electron chi connectivity index (χ0n) is 11.6. The zero-order chi connectivity index (χ0) is 13.9. The highest BCUT2D eigenvalue weighted by Gasteiger charge is 2.05. The van der Waals surface area contributed by atoms with Crippen molar-refractivity contribution in [2.24, 2.45) is 0 Å². The number of hydrogen-bond acceptors (Lipinski definition) is 2. The topological polar surface area (TPSA) is 27.1 Å². The number of benzene rings is 2. The van der Waals surface area contributed by atoms with Gasteiger partial charge in [-0.25, -0.2) is 4.68 Å². The third-order valence-electron chi connectivity index (χ3n) is 3.05. The van der Waals surface area contributed by atoms with Crippen LogP contribution in [0.25, 0.3) is 5.69 Å². The summed E-state index contributed by atoms with van der Waals surface area (Å²) in [4.78, 5) is 0. The Morgan fingerprint density at radius 1 is 0.850 bits per heavy atom. The quantitative estimate of drug-likeness (QED) is 0.706. The Hall–Kier alpha value is -2.55. The normalized spacial score (nSPS) is 10.5. The molecule has 100 valence electrons. The molecule has 0 N–H and O–H groups in total. The first kappa shape index (κ1) is 12.5. The number of ether oxygens (including phenoxy) is 1. The molecule has 0 unspecified atom stereocenters. The molecule has 2 aromatic carbocycles. The summed E-state index contributed by atoms with van der Waals surface area (Å²) in [6, 6.07) is 19.8. The number of hydrogen-bond donors (Lipinski definition) is 0. The number of aryl methyl sites for hydroxylation is 2. The summed E-state index contributed by atoms with van der Waals surface area (Å²) < 4.78 is 7.77. The molecule has 0 bridgehead atoms. The van der Waals surface area contributed by atoms with Crippen LogP contribution in [0.3, 0.4) is 0 Å². The van der Waals surface area contributed by atoms with Crippen LogP contribution in [0, 0.1) is 13.8 Å². The van der Waals surface area contributed by atoms with E-state index >= 15 is 0 Å². The van der Waals surface area contributed by atoms with Crippen LogP contribution >= 0.6 is 0 Å². The highest BCUT2D eigenvalue weighted by Crippen LogP contribution is 2.23. The van der Waals surface area contributed by atoms with Crippen LogP contribution in [0.5, 0.6) is 11.5 Å². The molecule has 0 radical (unpaired) electrons. The fourth-order valence-corrected chi connectivity index (χ4v) is 2.19. The Balaban J connectivity index is 1.92. The van der Waals surface area contributed by atoms with Gasteiger partial charge in [0.15, 0.2) is 0 Å². The van der Waals surface area contributed by atoms with E-state index in [4.69, 9.17) is 4.74 Å². The first-order valence-electron chi connectivity index (χ1n) is 6.59. The van der Waals surface area contributed by atoms with E-state index in [0.717, 1.165) is 28.6 Å². The second-order valence-electron chi connectivity index (χ2n) is 4.75. The minimum Gasteiger partial charge on any atom is -0.457 e. The molecule has 0 saturated carbocycles. The van der Waals surface area contributed by atoms with Gasteiger partial charge in [0.2, 0.25) is 0 Å². The van der Waals surface area contributed by atoms with Crippen molar-refractivity contribution in [1.29, 1.82) is 0 Å². The lowest BCUT2D eigenvalue weighted by Gasteiger charge is -2.08. The van der Waals surface area contributed by atoms with Crippen LogP contribution in [0.15, 0.2) is 60.7 Å². The molecular weight excluding hydrogens is 248 g/mol. The van der Waals surface area contributed by atoms with Crippen molar-refractivity contribution in [3.05, 3.63) is 72.1 Å². The van der Waals surface area contributed by atoms with Gasteiger partial charge in [-0.1, -0.05) is 24.3 Å². The Bertz CT molecular complexity index is 717. The molecule has 20 heavy (non-hydrogen) atoms. The third kappa shape index (κ3) is 2.57. The highest BCUT2D eigenvalue weighted by atomic mass is 16.5. The minimum absolute atomic E-state index is 0.807. The van der Waals surface area contributed by atoms with E-state index in [1.165, 1.54) is 0 Å². The maximum absolute atomic E-state index is 5.85. The average molecular weight is 264 g/mol. The predicted octanol–water partition coefficient (Wildman–Crippen LogP) is 4.28. The molecule has 3 aromatic rings. The zero-order valence-corrected chi connectivity index (χ0v) is 11.6. The summed E-state index contributed by atoms with van der Waals surface area (Å²) in [7, 11) is 0. The molecule has 0 aliphatic heterocycles. The van der Waals surface area contributed by atoms with E-state index in [-0.39, 0.29) is 0 Å². The number of nitrogens with zero attached hydrogens (tertiary/aromatic N) is 2. The van der Waals surface area contributed by atoms with E-state index in [1.807, 2.05) is 73.1 Å². The number of aromatic nitrogens is 2. The molecule has 3 rings (SSSR count). The molecule has 3 heteroatoms. The van der Waals surface area contributed by atoms with Gasteiger partial charge in [0.1, 0.15) is 11.5 Å². The largest absolute Gasteiger partial charge is 0.457 e. The van der Waals surface area contributed by atoms with Crippen LogP contribution in [0.1, 0.15) is 11.4 Å². The first-order chi connectivity index (χ1) is 9.72. The van der Waals surface area contributed by atoms with Crippen molar-refractivity contribution in [2.45, 2.75) is 13.8 Å². The predicted molar refractivity (Wildman–Crippen MR) is 79.6 cm³/mol. The number of rotatable bonds is 3. The third-order valence-corrected chi connectivity index (χ3v) is 3.05. The highest BCUT2D eigenvalue weighted by molar-refractivity contribution is 5.42. The second-order valence-corrected chi connectivity index (χ2v) is 4.75. The Labute approximate surface area is 118 Å². The lowest BCUT2D eigenvalue weighted by Crippen LogP contribution is -1.99. The summed E-state index contributed by atoms with van der Waals surface area (Å²) in [5.41, 5.74) is 3.13. The van der Waals surface area contributed by atoms with Gasteiger partial charge in [0, 0.05) is 11.8 Å². The van der Waals surface area contributed by atoms with Crippen molar-refractivity contribution in [3.63, 3.8) is 0 Å². The van der Waals surface area contributed by atoms with Gasteiger partial charge in [-0.15, -0.1) is 0 Å². The lowest BCUT2D eigenvalue weighted by atomic mass is 10.3. The molecule has 0 aliphatic rings. The lowest BCUT2D eigenvalue weighted by molar-refractivity contribution is 0.482. The monoisotopic (exact) mass is 264 g/mol. The second kappa shape index (κ2) is 5.21. The maximum atomic E-state index is 5.85. The van der Waals surface area contributed by atoms with Crippen LogP contribution in [0.2, 0.25) is 0 Å². The van der Waals surface area contributed by atoms with Gasteiger partial charge in [-0.2, -0.15) is 5.10 Å². The molecule has 3 nitrogen and oxygen atoms in total. The van der Waals surface area contributed by atoms with Crippen molar-refractivity contribution < 1.29 is 4.74 Å². The van der Waals surface area contributed by atoms with Crippen molar-refractivity contribution in [3.8, 4) is 17.2 Å². The standard InChI is InChI=1S/C17H16N2O/c1-13-11-14(2)19(18-13)15-7-6-10-17(12-15)20-16-8-4-3-5-9-16/h3-12H,1-2H3. The van der Waals surface area contributed by atoms with E-state index < -0.39 is 0 Å². The molecule has 0 aliphatic carbocycles. The van der Waals surface area contributed by atoms with Crippen LogP contribution in [-0.4, -0.2) is 9.78 Å². The summed E-state index contributed by atoms with van der Waals surface area (Å²) >= 11 is 0. The molecule has 0 atom stereocenters. The SMILES string of the molecule is Cc1cc(C)n(-c2cccc(Oc3ccccc3)c2)n1. The van der Waals surface area contributed by atoms with Crippen LogP contribution < -0.4 is 4.74 Å². The van der Waals surface area contributed by atoms with Crippen molar-refractivity contribution in [2.75, 3.05) is 0 Å². The van der Waals surface area contributed by atoms with Gasteiger partial charge in [-0.3, -0.25) is 0 Å². The van der Waals surface area contributed by atoms with E-state index in [9.17, 15) is 0 Å². The Kier molecular flexibility index (Phi) is 3.25. The van der Waals surface area contributed by atoms with Gasteiger partial charge in [-0.05, 0) is 44.2 Å². The van der Waals surface area contributed by atoms with E-state index in [2.05, 4.69) is 11.2 Å². The van der Waals surface area contributed by atoms with E-state index in [1.54, 1.807) is 0 Å². The maximum Gasteiger partial charge on any atom is 0.129 e. The average Bonchev–Trinajstić information content (AvgIpc) is 2.79. The van der Waals surface area contributed by atoms with Crippen LogP contribution in [-0.2, 0) is 0 Å². The first-order valence-corrected chi connectivity index (χ1v) is 6.59. The molecule has 0 amide bonds. The number of para-hydroxylation sites is 1. The summed E-state index contributed by atoms with van der Waals surface area (Å²) in [6.45, 7) is 4.04. The minimum atomic E-state index is 0.807. The fraction of sp³-hybridized carbons (Fsp3) is 0.118. The molecule has 1 aromatic heterocycles. The van der Waals surface area contributed by atoms with Gasteiger partial charge in [0.05, 0.1) is 11.4 Å². The molecule has 0 fully saturated rings. The molecule has 0 spiro atoms. The summed E-state index contributed by atoms with van der Waals surface area (Å²) in [5, 5.41) is 4.49. The van der Waals surface area contributed by atoms with Gasteiger partial charge >= 0.3 is 0 Å². The fourth-order valence-electron chi connectivity index (χ4n) is 2.19. The van der Waals surface area contributed by atoms with E-state index in [0.29, 0.717) is 0 Å². The summed E-state index contributed by atoms with van der Waals surface area (Å²) in [6.07, 6.45) is 0. The molecule has 0 saturated heterocycles. The summed E-state index contributed by atoms with van der Waals surface area (Å²) in [5.74, 6) is 1.64. The smallest absolute Gasteiger partial charge is 0.129 e. The van der Waals surface area contributed by atoms with Crippen LogP contribution in [0.4, 0.5) is 0 Å². The Morgan fingerprint density at radius 2 is 1.60 bits per heavy atom. The Morgan fingerprint density at radius 3 is 2.30 bits per heavy atom. The van der Waals surface area contributed by atoms with Crippen molar-refractivity contribution >= 4 is 0 Å². The molecule has 1 heterocycles.